The van der Waals surface area contributed by atoms with E-state index in [2.05, 4.69) is 5.32 Å². The molecule has 0 aliphatic heterocycles. The maximum atomic E-state index is 12.9. The van der Waals surface area contributed by atoms with E-state index in [1.807, 2.05) is 19.1 Å². The van der Waals surface area contributed by atoms with Gasteiger partial charge in [-0.1, -0.05) is 49.2 Å². The number of amides is 1. The highest BCUT2D eigenvalue weighted by Gasteiger charge is 2.33. The zero-order chi connectivity index (χ0) is 20.2. The summed E-state index contributed by atoms with van der Waals surface area (Å²) < 4.78 is 26.0. The van der Waals surface area contributed by atoms with E-state index < -0.39 is 22.0 Å². The first-order valence-electron chi connectivity index (χ1n) is 8.51. The lowest BCUT2D eigenvalue weighted by atomic mass is 10.1. The molecule has 5 nitrogen and oxygen atoms in total. The first kappa shape index (κ1) is 21.5. The Hall–Kier alpha value is -1.76. The fraction of sp³-hybridized carbons (Fsp3) is 0.316. The number of nitrogens with zero attached hydrogens (tertiary/aromatic N) is 1. The second-order valence-corrected chi connectivity index (χ2v) is 8.82. The van der Waals surface area contributed by atoms with Gasteiger partial charge in [0, 0.05) is 10.7 Å². The average molecular weight is 429 g/mol. The van der Waals surface area contributed by atoms with Crippen molar-refractivity contribution in [1.29, 1.82) is 0 Å². The van der Waals surface area contributed by atoms with Gasteiger partial charge in [-0.3, -0.25) is 9.10 Å². The summed E-state index contributed by atoms with van der Waals surface area (Å²) in [6, 6.07) is 11.0. The Labute approximate surface area is 170 Å². The van der Waals surface area contributed by atoms with E-state index in [0.29, 0.717) is 10.7 Å². The number of aryl methyl sites for hydroxylation is 1. The van der Waals surface area contributed by atoms with Crippen LogP contribution in [0.4, 0.5) is 11.4 Å². The van der Waals surface area contributed by atoms with Crippen molar-refractivity contribution in [3.63, 3.8) is 0 Å². The topological polar surface area (TPSA) is 66.5 Å². The number of halogens is 2. The molecule has 0 spiro atoms. The summed E-state index contributed by atoms with van der Waals surface area (Å²) in [5.74, 6) is -0.441. The largest absolute Gasteiger partial charge is 0.324 e. The molecule has 1 amide bonds. The van der Waals surface area contributed by atoms with Gasteiger partial charge in [-0.2, -0.15) is 0 Å². The van der Waals surface area contributed by atoms with Gasteiger partial charge in [-0.25, -0.2) is 8.42 Å². The van der Waals surface area contributed by atoms with Gasteiger partial charge in [0.1, 0.15) is 6.04 Å². The number of carbonyl (C=O) groups excluding carboxylic acids is 1. The molecular formula is C19H22Cl2N2O3S. The minimum absolute atomic E-state index is 0.176. The van der Waals surface area contributed by atoms with E-state index in [-0.39, 0.29) is 17.1 Å². The molecule has 1 atom stereocenters. The van der Waals surface area contributed by atoms with Gasteiger partial charge in [0.05, 0.1) is 17.0 Å². The molecule has 0 fully saturated rings. The van der Waals surface area contributed by atoms with Gasteiger partial charge in [-0.05, 0) is 48.7 Å². The zero-order valence-electron chi connectivity index (χ0n) is 15.4. The van der Waals surface area contributed by atoms with Crippen molar-refractivity contribution < 1.29 is 13.2 Å². The number of carbonyl (C=O) groups is 1. The SMILES string of the molecule is CCc1ccc(NC(=O)[C@H](CC)N(c2cc(Cl)ccc2Cl)S(C)(=O)=O)cc1. The maximum absolute atomic E-state index is 12.9. The number of anilines is 2. The molecule has 2 aromatic rings. The van der Waals surface area contributed by atoms with Crippen LogP contribution >= 0.6 is 23.2 Å². The fourth-order valence-corrected chi connectivity index (χ4v) is 4.38. The van der Waals surface area contributed by atoms with Crippen LogP contribution in [0.15, 0.2) is 42.5 Å². The Balaban J connectivity index is 2.39. The number of rotatable bonds is 7. The van der Waals surface area contributed by atoms with Crippen molar-refractivity contribution >= 4 is 50.5 Å². The van der Waals surface area contributed by atoms with E-state index in [1.54, 1.807) is 25.1 Å². The third kappa shape index (κ3) is 5.37. The summed E-state index contributed by atoms with van der Waals surface area (Å²) in [4.78, 5) is 12.9. The van der Waals surface area contributed by atoms with Crippen LogP contribution in [0.2, 0.25) is 10.0 Å². The molecule has 0 bridgehead atoms. The summed E-state index contributed by atoms with van der Waals surface area (Å²) in [6.07, 6.45) is 2.19. The molecule has 0 aromatic heterocycles. The highest BCUT2D eigenvalue weighted by molar-refractivity contribution is 7.92. The quantitative estimate of drug-likeness (QED) is 0.692. The van der Waals surface area contributed by atoms with Gasteiger partial charge in [-0.15, -0.1) is 0 Å². The molecule has 27 heavy (non-hydrogen) atoms. The lowest BCUT2D eigenvalue weighted by molar-refractivity contribution is -0.117. The van der Waals surface area contributed by atoms with Crippen LogP contribution in [-0.4, -0.2) is 26.6 Å². The van der Waals surface area contributed by atoms with Gasteiger partial charge in [0.25, 0.3) is 0 Å². The highest BCUT2D eigenvalue weighted by atomic mass is 35.5. The summed E-state index contributed by atoms with van der Waals surface area (Å²) in [5, 5.41) is 3.30. The molecule has 0 heterocycles. The molecular weight excluding hydrogens is 407 g/mol. The van der Waals surface area contributed by atoms with Crippen LogP contribution in [0.1, 0.15) is 25.8 Å². The minimum Gasteiger partial charge on any atom is -0.324 e. The van der Waals surface area contributed by atoms with E-state index in [9.17, 15) is 13.2 Å². The van der Waals surface area contributed by atoms with Gasteiger partial charge < -0.3 is 5.32 Å². The summed E-state index contributed by atoms with van der Waals surface area (Å²) in [7, 11) is -3.79. The van der Waals surface area contributed by atoms with Crippen LogP contribution in [-0.2, 0) is 21.2 Å². The van der Waals surface area contributed by atoms with Crippen molar-refractivity contribution in [1.82, 2.24) is 0 Å². The molecule has 1 N–H and O–H groups in total. The molecule has 0 saturated heterocycles. The summed E-state index contributed by atoms with van der Waals surface area (Å²) >= 11 is 12.2. The van der Waals surface area contributed by atoms with Crippen LogP contribution in [0.3, 0.4) is 0 Å². The number of nitrogens with one attached hydrogen (secondary N) is 1. The number of benzene rings is 2. The monoisotopic (exact) mass is 428 g/mol. The van der Waals surface area contributed by atoms with E-state index >= 15 is 0 Å². The van der Waals surface area contributed by atoms with Crippen molar-refractivity contribution in [2.75, 3.05) is 15.9 Å². The molecule has 2 rings (SSSR count). The normalized spacial score (nSPS) is 12.5. The Kier molecular flexibility index (Phi) is 7.14. The van der Waals surface area contributed by atoms with Crippen molar-refractivity contribution in [2.45, 2.75) is 32.7 Å². The maximum Gasteiger partial charge on any atom is 0.248 e. The second-order valence-electron chi connectivity index (χ2n) is 6.12. The predicted molar refractivity (Wildman–Crippen MR) is 112 cm³/mol. The van der Waals surface area contributed by atoms with E-state index in [0.717, 1.165) is 22.5 Å². The Bertz CT molecular complexity index is 915. The lowest BCUT2D eigenvalue weighted by Gasteiger charge is -2.30. The van der Waals surface area contributed by atoms with Crippen molar-refractivity contribution in [3.8, 4) is 0 Å². The van der Waals surface area contributed by atoms with Crippen LogP contribution < -0.4 is 9.62 Å². The van der Waals surface area contributed by atoms with Crippen molar-refractivity contribution in [2.24, 2.45) is 0 Å². The molecule has 0 unspecified atom stereocenters. The third-order valence-corrected chi connectivity index (χ3v) is 5.83. The van der Waals surface area contributed by atoms with E-state index in [1.165, 1.54) is 12.1 Å². The van der Waals surface area contributed by atoms with Crippen LogP contribution in [0.5, 0.6) is 0 Å². The first-order chi connectivity index (χ1) is 12.7. The van der Waals surface area contributed by atoms with Crippen LogP contribution in [0, 0.1) is 0 Å². The molecule has 2 aromatic carbocycles. The minimum atomic E-state index is -3.79. The number of hydrogen-bond donors (Lipinski definition) is 1. The van der Waals surface area contributed by atoms with Crippen molar-refractivity contribution in [3.05, 3.63) is 58.1 Å². The fourth-order valence-electron chi connectivity index (χ4n) is 2.74. The summed E-state index contributed by atoms with van der Waals surface area (Å²) in [5.41, 5.74) is 1.92. The Morgan fingerprint density at radius 1 is 1.11 bits per heavy atom. The molecule has 0 radical (unpaired) electrons. The standard InChI is InChI=1S/C19H22Cl2N2O3S/c1-4-13-6-9-15(10-7-13)22-19(24)17(5-2)23(27(3,25)26)18-12-14(20)8-11-16(18)21/h6-12,17H,4-5H2,1-3H3,(H,22,24)/t17-/m0/s1. The number of sulfonamides is 1. The molecule has 0 saturated carbocycles. The Morgan fingerprint density at radius 2 is 1.74 bits per heavy atom. The second kappa shape index (κ2) is 8.95. The van der Waals surface area contributed by atoms with Gasteiger partial charge >= 0.3 is 0 Å². The molecule has 0 aliphatic carbocycles. The van der Waals surface area contributed by atoms with E-state index in [4.69, 9.17) is 23.2 Å². The highest BCUT2D eigenvalue weighted by Crippen LogP contribution is 2.33. The van der Waals surface area contributed by atoms with Crippen LogP contribution in [0.25, 0.3) is 0 Å². The first-order valence-corrected chi connectivity index (χ1v) is 11.1. The smallest absolute Gasteiger partial charge is 0.248 e. The predicted octanol–water partition coefficient (Wildman–Crippen LogP) is 4.74. The average Bonchev–Trinajstić information content (AvgIpc) is 2.61. The number of hydrogen-bond acceptors (Lipinski definition) is 3. The van der Waals surface area contributed by atoms with Gasteiger partial charge in [0.15, 0.2) is 0 Å². The molecule has 0 aliphatic rings. The molecule has 8 heteroatoms. The molecule has 146 valence electrons. The van der Waals surface area contributed by atoms with Gasteiger partial charge in [0.2, 0.25) is 15.9 Å². The Morgan fingerprint density at radius 3 is 2.26 bits per heavy atom. The summed E-state index contributed by atoms with van der Waals surface area (Å²) in [6.45, 7) is 3.78. The zero-order valence-corrected chi connectivity index (χ0v) is 17.7. The third-order valence-electron chi connectivity index (χ3n) is 4.11. The lowest BCUT2D eigenvalue weighted by Crippen LogP contribution is -2.47.